The van der Waals surface area contributed by atoms with Gasteiger partial charge in [0, 0.05) is 18.3 Å². The highest BCUT2D eigenvalue weighted by Gasteiger charge is 2.13. The molecule has 0 fully saturated rings. The molecule has 1 aromatic carbocycles. The highest BCUT2D eigenvalue weighted by Crippen LogP contribution is 2.24. The number of ketones is 1. The van der Waals surface area contributed by atoms with Gasteiger partial charge in [-0.15, -0.1) is 11.3 Å². The van der Waals surface area contributed by atoms with Crippen LogP contribution in [-0.4, -0.2) is 34.0 Å². The zero-order valence-electron chi connectivity index (χ0n) is 14.6. The number of aryl methyl sites for hydroxylation is 1. The first kappa shape index (κ1) is 18.5. The van der Waals surface area contributed by atoms with Gasteiger partial charge in [0.2, 0.25) is 5.91 Å². The van der Waals surface area contributed by atoms with Crippen LogP contribution in [0, 0.1) is 6.92 Å². The van der Waals surface area contributed by atoms with Crippen molar-refractivity contribution in [3.8, 4) is 0 Å². The van der Waals surface area contributed by atoms with Gasteiger partial charge >= 0.3 is 0 Å². The number of fused-ring (bicyclic) bond motifs is 1. The molecule has 0 atom stereocenters. The van der Waals surface area contributed by atoms with E-state index >= 15 is 0 Å². The first-order valence-corrected chi connectivity index (χ1v) is 10.1. The Morgan fingerprint density at radius 1 is 1.12 bits per heavy atom. The molecule has 0 aliphatic rings. The highest BCUT2D eigenvalue weighted by molar-refractivity contribution is 8.00. The fourth-order valence-corrected chi connectivity index (χ4v) is 4.31. The van der Waals surface area contributed by atoms with E-state index in [2.05, 4.69) is 15.3 Å². The summed E-state index contributed by atoms with van der Waals surface area (Å²) in [6, 6.07) is 11.5. The van der Waals surface area contributed by atoms with Gasteiger partial charge in [0.05, 0.1) is 27.4 Å². The molecule has 7 heteroatoms. The molecule has 0 saturated heterocycles. The van der Waals surface area contributed by atoms with Gasteiger partial charge in [-0.2, -0.15) is 0 Å². The van der Waals surface area contributed by atoms with E-state index in [-0.39, 0.29) is 11.7 Å². The smallest absolute Gasteiger partial charge is 0.216 e. The molecule has 1 N–H and O–H groups in total. The van der Waals surface area contributed by atoms with Gasteiger partial charge in [-0.1, -0.05) is 23.9 Å². The molecule has 0 bridgehead atoms. The molecule has 2 heterocycles. The zero-order chi connectivity index (χ0) is 18.5. The topological polar surface area (TPSA) is 72.0 Å². The quantitative estimate of drug-likeness (QED) is 0.496. The molecule has 0 aliphatic carbocycles. The molecule has 5 nitrogen and oxygen atoms in total. The van der Waals surface area contributed by atoms with Crippen LogP contribution in [0.2, 0.25) is 0 Å². The van der Waals surface area contributed by atoms with Crippen molar-refractivity contribution >= 4 is 45.8 Å². The van der Waals surface area contributed by atoms with E-state index in [0.717, 1.165) is 37.9 Å². The number of nitrogens with one attached hydrogen (secondary N) is 1. The third kappa shape index (κ3) is 4.68. The lowest BCUT2D eigenvalue weighted by atomic mass is 10.3. The van der Waals surface area contributed by atoms with Crippen molar-refractivity contribution in [1.82, 2.24) is 15.3 Å². The van der Waals surface area contributed by atoms with Crippen LogP contribution in [0.3, 0.4) is 0 Å². The minimum Gasteiger partial charge on any atom is -0.356 e. The molecule has 0 aliphatic heterocycles. The second kappa shape index (κ2) is 8.42. The molecule has 134 valence electrons. The molecule has 1 amide bonds. The van der Waals surface area contributed by atoms with Crippen molar-refractivity contribution in [1.29, 1.82) is 0 Å². The van der Waals surface area contributed by atoms with Crippen LogP contribution in [0.15, 0.2) is 41.4 Å². The van der Waals surface area contributed by atoms with E-state index < -0.39 is 0 Å². The Morgan fingerprint density at radius 3 is 2.58 bits per heavy atom. The summed E-state index contributed by atoms with van der Waals surface area (Å²) < 4.78 is 0. The second-order valence-electron chi connectivity index (χ2n) is 5.81. The zero-order valence-corrected chi connectivity index (χ0v) is 16.2. The Kier molecular flexibility index (Phi) is 6.00. The summed E-state index contributed by atoms with van der Waals surface area (Å²) in [6.07, 6.45) is 0.736. The van der Waals surface area contributed by atoms with E-state index in [0.29, 0.717) is 12.3 Å². The molecular formula is C19H19N3O2S2. The van der Waals surface area contributed by atoms with Crippen molar-refractivity contribution in [3.05, 3.63) is 51.8 Å². The number of carbonyl (C=O) groups is 2. The Hall–Kier alpha value is -2.25. The van der Waals surface area contributed by atoms with Gasteiger partial charge in [-0.3, -0.25) is 9.59 Å². The summed E-state index contributed by atoms with van der Waals surface area (Å²) in [6.45, 7) is 4.00. The lowest BCUT2D eigenvalue weighted by Crippen LogP contribution is -2.22. The average molecular weight is 386 g/mol. The SMILES string of the molecule is CC(=O)NCCc1ccc(C(=O)CSc2nc3ccccc3nc2C)s1. The predicted molar refractivity (Wildman–Crippen MR) is 106 cm³/mol. The molecule has 0 saturated carbocycles. The number of Topliss-reactive ketones (excluding diaryl/α,β-unsaturated/α-hetero) is 1. The fourth-order valence-electron chi connectivity index (χ4n) is 2.44. The van der Waals surface area contributed by atoms with Crippen LogP contribution in [-0.2, 0) is 11.2 Å². The number of nitrogens with zero attached hydrogens (tertiary/aromatic N) is 2. The maximum Gasteiger partial charge on any atom is 0.216 e. The number of benzene rings is 1. The molecule has 2 aromatic heterocycles. The minimum absolute atomic E-state index is 0.0406. The summed E-state index contributed by atoms with van der Waals surface area (Å²) in [4.78, 5) is 34.4. The largest absolute Gasteiger partial charge is 0.356 e. The third-order valence-electron chi connectivity index (χ3n) is 3.72. The maximum atomic E-state index is 12.5. The summed E-state index contributed by atoms with van der Waals surface area (Å²) in [7, 11) is 0. The molecule has 0 radical (unpaired) electrons. The number of rotatable bonds is 7. The number of carbonyl (C=O) groups excluding carboxylic acids is 2. The van der Waals surface area contributed by atoms with Crippen LogP contribution in [0.1, 0.15) is 27.2 Å². The van der Waals surface area contributed by atoms with Crippen LogP contribution in [0.25, 0.3) is 11.0 Å². The second-order valence-corrected chi connectivity index (χ2v) is 7.95. The van der Waals surface area contributed by atoms with E-state index in [1.165, 1.54) is 30.0 Å². The Balaban J connectivity index is 1.61. The minimum atomic E-state index is -0.0406. The van der Waals surface area contributed by atoms with Gasteiger partial charge in [-0.05, 0) is 37.6 Å². The van der Waals surface area contributed by atoms with Crippen molar-refractivity contribution in [3.63, 3.8) is 0 Å². The lowest BCUT2D eigenvalue weighted by Gasteiger charge is -2.05. The van der Waals surface area contributed by atoms with Crippen molar-refractivity contribution < 1.29 is 9.59 Å². The Labute approximate surface area is 160 Å². The van der Waals surface area contributed by atoms with Gasteiger partial charge in [0.15, 0.2) is 5.78 Å². The third-order valence-corrected chi connectivity index (χ3v) is 5.98. The van der Waals surface area contributed by atoms with Gasteiger partial charge in [-0.25, -0.2) is 9.97 Å². The number of para-hydroxylation sites is 2. The average Bonchev–Trinajstić information content (AvgIpc) is 3.08. The van der Waals surface area contributed by atoms with Crippen molar-refractivity contribution in [2.75, 3.05) is 12.3 Å². The summed E-state index contributed by atoms with van der Waals surface area (Å²) >= 11 is 2.91. The number of thioether (sulfide) groups is 1. The summed E-state index contributed by atoms with van der Waals surface area (Å²) in [5.74, 6) is 0.376. The molecule has 0 spiro atoms. The predicted octanol–water partition coefficient (Wildman–Crippen LogP) is 3.65. The normalized spacial score (nSPS) is 10.8. The maximum absolute atomic E-state index is 12.5. The van der Waals surface area contributed by atoms with Crippen molar-refractivity contribution in [2.24, 2.45) is 0 Å². The number of hydrogen-bond donors (Lipinski definition) is 1. The van der Waals surface area contributed by atoms with E-state index in [9.17, 15) is 9.59 Å². The number of aromatic nitrogens is 2. The molecule has 3 rings (SSSR count). The lowest BCUT2D eigenvalue weighted by molar-refractivity contribution is -0.118. The number of amides is 1. The Bertz CT molecular complexity index is 953. The van der Waals surface area contributed by atoms with E-state index in [1.54, 1.807) is 0 Å². The summed E-state index contributed by atoms with van der Waals surface area (Å²) in [5.41, 5.74) is 2.54. The molecule has 26 heavy (non-hydrogen) atoms. The standard InChI is InChI=1S/C19H19N3O2S2/c1-12-19(22-16-6-4-3-5-15(16)21-12)25-11-17(24)18-8-7-14(26-18)9-10-20-13(2)23/h3-8H,9-11H2,1-2H3,(H,20,23). The molecule has 3 aromatic rings. The fraction of sp³-hybridized carbons (Fsp3) is 0.263. The Morgan fingerprint density at radius 2 is 1.85 bits per heavy atom. The highest BCUT2D eigenvalue weighted by atomic mass is 32.2. The first-order chi connectivity index (χ1) is 12.5. The van der Waals surface area contributed by atoms with Gasteiger partial charge in [0.25, 0.3) is 0 Å². The van der Waals surface area contributed by atoms with E-state index in [1.807, 2.05) is 43.3 Å². The van der Waals surface area contributed by atoms with Crippen LogP contribution in [0.5, 0.6) is 0 Å². The van der Waals surface area contributed by atoms with Crippen LogP contribution in [0.4, 0.5) is 0 Å². The van der Waals surface area contributed by atoms with Gasteiger partial charge < -0.3 is 5.32 Å². The van der Waals surface area contributed by atoms with E-state index in [4.69, 9.17) is 0 Å². The first-order valence-electron chi connectivity index (χ1n) is 8.25. The monoisotopic (exact) mass is 385 g/mol. The van der Waals surface area contributed by atoms with Crippen LogP contribution >= 0.6 is 23.1 Å². The summed E-state index contributed by atoms with van der Waals surface area (Å²) in [5, 5.41) is 3.55. The molecule has 0 unspecified atom stereocenters. The number of thiophene rings is 1. The van der Waals surface area contributed by atoms with Crippen molar-refractivity contribution in [2.45, 2.75) is 25.3 Å². The molecular weight excluding hydrogens is 366 g/mol. The van der Waals surface area contributed by atoms with Gasteiger partial charge in [0.1, 0.15) is 5.03 Å². The van der Waals surface area contributed by atoms with Crippen LogP contribution < -0.4 is 5.32 Å². The number of hydrogen-bond acceptors (Lipinski definition) is 6.